The highest BCUT2D eigenvalue weighted by molar-refractivity contribution is 7.47. The maximum Gasteiger partial charge on any atom is 0.472 e. The number of rotatable bonds is 45. The maximum atomic E-state index is 12.8. The van der Waals surface area contributed by atoms with Crippen molar-refractivity contribution in [2.24, 2.45) is 5.73 Å². The van der Waals surface area contributed by atoms with Crippen molar-refractivity contribution >= 4 is 13.7 Å². The summed E-state index contributed by atoms with van der Waals surface area (Å²) in [5.41, 5.74) is 5.38. The first-order chi connectivity index (χ1) is 28.4. The van der Waals surface area contributed by atoms with Crippen molar-refractivity contribution < 1.29 is 28.4 Å². The number of nitrogens with one attached hydrogen (secondary N) is 1. The first-order valence-electron chi connectivity index (χ1n) is 24.3. The highest BCUT2D eigenvalue weighted by Crippen LogP contribution is 2.43. The van der Waals surface area contributed by atoms with Crippen LogP contribution in [0.2, 0.25) is 0 Å². The molecule has 0 heterocycles. The minimum atomic E-state index is -4.36. The normalized spacial score (nSPS) is 14.4. The fourth-order valence-corrected chi connectivity index (χ4v) is 7.68. The SMILES string of the molecule is CCCCCCCCC/C=C\CCCCCCCCCC(=O)NC(COP(=O)(O)OCCN)C(O)/C=C/CC/C=C/CC/C=C/CCCCCCCCCCCCC. The van der Waals surface area contributed by atoms with Crippen LogP contribution in [0.25, 0.3) is 0 Å². The highest BCUT2D eigenvalue weighted by Gasteiger charge is 2.26. The quantitative estimate of drug-likeness (QED) is 0.0273. The van der Waals surface area contributed by atoms with E-state index in [0.29, 0.717) is 6.42 Å². The molecule has 0 saturated carbocycles. The largest absolute Gasteiger partial charge is 0.472 e. The van der Waals surface area contributed by atoms with Gasteiger partial charge in [-0.2, -0.15) is 0 Å². The van der Waals surface area contributed by atoms with Crippen LogP contribution in [0.3, 0.4) is 0 Å². The Morgan fingerprint density at radius 1 is 0.552 bits per heavy atom. The van der Waals surface area contributed by atoms with Crippen LogP contribution in [-0.2, 0) is 18.4 Å². The number of amides is 1. The zero-order valence-electron chi connectivity index (χ0n) is 37.8. The molecule has 0 fully saturated rings. The van der Waals surface area contributed by atoms with Gasteiger partial charge in [0, 0.05) is 13.0 Å². The summed E-state index contributed by atoms with van der Waals surface area (Å²) in [5, 5.41) is 13.7. The van der Waals surface area contributed by atoms with Crippen LogP contribution in [0.5, 0.6) is 0 Å². The van der Waals surface area contributed by atoms with Crippen LogP contribution in [-0.4, -0.2) is 47.8 Å². The van der Waals surface area contributed by atoms with Crippen molar-refractivity contribution in [3.05, 3.63) is 48.6 Å². The number of carbonyl (C=O) groups excluding carboxylic acids is 1. The van der Waals surface area contributed by atoms with Crippen molar-refractivity contribution in [2.75, 3.05) is 19.8 Å². The molecule has 0 aliphatic carbocycles. The third-order valence-electron chi connectivity index (χ3n) is 10.6. The first-order valence-corrected chi connectivity index (χ1v) is 25.8. The number of phosphoric ester groups is 1. The zero-order chi connectivity index (χ0) is 42.5. The lowest BCUT2D eigenvalue weighted by molar-refractivity contribution is -0.123. The van der Waals surface area contributed by atoms with Crippen LogP contribution in [0.4, 0.5) is 0 Å². The second kappa shape index (κ2) is 45.0. The van der Waals surface area contributed by atoms with E-state index < -0.39 is 20.0 Å². The van der Waals surface area contributed by atoms with Gasteiger partial charge in [-0.1, -0.05) is 197 Å². The van der Waals surface area contributed by atoms with E-state index in [2.05, 4.69) is 55.6 Å². The molecule has 0 rings (SSSR count). The minimum Gasteiger partial charge on any atom is -0.387 e. The molecule has 0 aliphatic heterocycles. The third-order valence-corrected chi connectivity index (χ3v) is 11.6. The van der Waals surface area contributed by atoms with Crippen molar-refractivity contribution in [1.82, 2.24) is 5.32 Å². The number of aliphatic hydroxyl groups excluding tert-OH is 1. The summed E-state index contributed by atoms with van der Waals surface area (Å²) in [6.07, 6.45) is 56.0. The summed E-state index contributed by atoms with van der Waals surface area (Å²) < 4.78 is 22.2. The summed E-state index contributed by atoms with van der Waals surface area (Å²) in [6, 6.07) is -0.886. The van der Waals surface area contributed by atoms with Crippen LogP contribution in [0, 0.1) is 0 Å². The van der Waals surface area contributed by atoms with Gasteiger partial charge in [0.05, 0.1) is 25.4 Å². The van der Waals surface area contributed by atoms with Gasteiger partial charge in [0.2, 0.25) is 5.91 Å². The maximum absolute atomic E-state index is 12.8. The Bertz CT molecular complexity index is 1050. The molecule has 0 saturated heterocycles. The molecule has 58 heavy (non-hydrogen) atoms. The van der Waals surface area contributed by atoms with Gasteiger partial charge in [0.1, 0.15) is 0 Å². The monoisotopic (exact) mass is 837 g/mol. The van der Waals surface area contributed by atoms with Crippen molar-refractivity contribution in [2.45, 2.75) is 238 Å². The van der Waals surface area contributed by atoms with Gasteiger partial charge in [-0.15, -0.1) is 0 Å². The fourth-order valence-electron chi connectivity index (χ4n) is 6.92. The molecule has 0 bridgehead atoms. The molecular formula is C49H93N2O6P. The standard InChI is InChI=1S/C49H93N2O6P/c1-3-5-7-9-11-13-15-17-19-21-23-24-25-26-28-30-32-34-36-38-40-42-48(52)47(46-57-58(54,55)56-45-44-50)51-49(53)43-41-39-37-35-33-31-29-27-22-20-18-16-14-12-10-8-6-4-2/h20,22,25-26,32,34,40,42,47-48,52H,3-19,21,23-24,27-31,33,35-39,41,43-46,50H2,1-2H3,(H,51,53)(H,54,55)/b22-20-,26-25+,34-32+,42-40+. The average molecular weight is 837 g/mol. The van der Waals surface area contributed by atoms with Crippen molar-refractivity contribution in [3.8, 4) is 0 Å². The van der Waals surface area contributed by atoms with E-state index in [-0.39, 0.29) is 25.7 Å². The van der Waals surface area contributed by atoms with Gasteiger partial charge in [-0.25, -0.2) is 4.57 Å². The van der Waals surface area contributed by atoms with Gasteiger partial charge in [0.25, 0.3) is 0 Å². The lowest BCUT2D eigenvalue weighted by Gasteiger charge is -2.23. The number of hydrogen-bond donors (Lipinski definition) is 4. The molecule has 8 nitrogen and oxygen atoms in total. The number of unbranched alkanes of at least 4 members (excludes halogenated alkanes) is 27. The number of aliphatic hydroxyl groups is 1. The van der Waals surface area contributed by atoms with Gasteiger partial charge in [-0.3, -0.25) is 13.8 Å². The number of carbonyl (C=O) groups is 1. The Kier molecular flexibility index (Phi) is 43.8. The molecule has 3 unspecified atom stereocenters. The van der Waals surface area contributed by atoms with Crippen LogP contribution in [0.1, 0.15) is 226 Å². The summed E-state index contributed by atoms with van der Waals surface area (Å²) in [4.78, 5) is 22.8. The molecule has 340 valence electrons. The molecule has 0 aromatic rings. The predicted molar refractivity (Wildman–Crippen MR) is 249 cm³/mol. The topological polar surface area (TPSA) is 131 Å². The molecule has 5 N–H and O–H groups in total. The predicted octanol–water partition coefficient (Wildman–Crippen LogP) is 14.1. The van der Waals surface area contributed by atoms with E-state index in [0.717, 1.165) is 44.9 Å². The average Bonchev–Trinajstić information content (AvgIpc) is 3.21. The molecule has 0 aromatic carbocycles. The molecule has 9 heteroatoms. The zero-order valence-corrected chi connectivity index (χ0v) is 38.7. The van der Waals surface area contributed by atoms with Crippen molar-refractivity contribution in [1.29, 1.82) is 0 Å². The highest BCUT2D eigenvalue weighted by atomic mass is 31.2. The number of hydrogen-bond acceptors (Lipinski definition) is 6. The molecular weight excluding hydrogens is 744 g/mol. The van der Waals surface area contributed by atoms with E-state index >= 15 is 0 Å². The Labute approximate surface area is 358 Å². The smallest absolute Gasteiger partial charge is 0.387 e. The summed E-state index contributed by atoms with van der Waals surface area (Å²) >= 11 is 0. The van der Waals surface area contributed by atoms with Gasteiger partial charge in [0.15, 0.2) is 0 Å². The fraction of sp³-hybridized carbons (Fsp3) is 0.816. The first kappa shape index (κ1) is 56.5. The second-order valence-electron chi connectivity index (χ2n) is 16.3. The van der Waals surface area contributed by atoms with Gasteiger partial charge >= 0.3 is 7.82 Å². The molecule has 1 amide bonds. The van der Waals surface area contributed by atoms with Gasteiger partial charge < -0.3 is 21.1 Å². The Morgan fingerprint density at radius 3 is 1.33 bits per heavy atom. The van der Waals surface area contributed by atoms with E-state index in [1.165, 1.54) is 161 Å². The van der Waals surface area contributed by atoms with Crippen LogP contribution < -0.4 is 11.1 Å². The van der Waals surface area contributed by atoms with Gasteiger partial charge in [-0.05, 0) is 70.6 Å². The Hall–Kier alpha value is -1.54. The summed E-state index contributed by atoms with van der Waals surface area (Å²) in [5.74, 6) is -0.212. The Balaban J connectivity index is 4.23. The molecule has 0 aliphatic rings. The number of phosphoric acid groups is 1. The summed E-state index contributed by atoms with van der Waals surface area (Å²) in [6.45, 7) is 4.11. The summed E-state index contributed by atoms with van der Waals surface area (Å²) in [7, 11) is -4.36. The lowest BCUT2D eigenvalue weighted by atomic mass is 10.1. The van der Waals surface area contributed by atoms with E-state index in [9.17, 15) is 19.4 Å². The van der Waals surface area contributed by atoms with E-state index in [1.54, 1.807) is 6.08 Å². The number of allylic oxidation sites excluding steroid dienone is 7. The molecule has 3 atom stereocenters. The molecule has 0 radical (unpaired) electrons. The Morgan fingerprint density at radius 2 is 0.914 bits per heavy atom. The lowest BCUT2D eigenvalue weighted by Crippen LogP contribution is -2.45. The molecule has 0 aromatic heterocycles. The van der Waals surface area contributed by atoms with Crippen LogP contribution in [0.15, 0.2) is 48.6 Å². The van der Waals surface area contributed by atoms with E-state index in [1.807, 2.05) is 6.08 Å². The third kappa shape index (κ3) is 42.6. The second-order valence-corrected chi connectivity index (χ2v) is 17.7. The van der Waals surface area contributed by atoms with Crippen molar-refractivity contribution in [3.63, 3.8) is 0 Å². The minimum absolute atomic E-state index is 0.0702. The number of nitrogens with two attached hydrogens (primary N) is 1. The van der Waals surface area contributed by atoms with Crippen LogP contribution >= 0.6 is 7.82 Å². The molecule has 0 spiro atoms. The van der Waals surface area contributed by atoms with E-state index in [4.69, 9.17) is 14.8 Å².